The summed E-state index contributed by atoms with van der Waals surface area (Å²) in [5.41, 5.74) is 1.62. The zero-order chi connectivity index (χ0) is 19.9. The van der Waals surface area contributed by atoms with Gasteiger partial charge in [0.25, 0.3) is 0 Å². The van der Waals surface area contributed by atoms with E-state index in [-0.39, 0.29) is 12.5 Å². The van der Waals surface area contributed by atoms with Gasteiger partial charge in [0.05, 0.1) is 18.6 Å². The van der Waals surface area contributed by atoms with E-state index in [1.54, 1.807) is 24.4 Å². The lowest BCUT2D eigenvalue weighted by molar-refractivity contribution is -0.116. The maximum absolute atomic E-state index is 11.1. The van der Waals surface area contributed by atoms with Crippen molar-refractivity contribution in [1.29, 1.82) is 0 Å². The molecule has 1 aliphatic rings. The average Bonchev–Trinajstić information content (AvgIpc) is 3.08. The largest absolute Gasteiger partial charge is 0.490 e. The summed E-state index contributed by atoms with van der Waals surface area (Å²) in [5.74, 6) is 1.48. The molecular weight excluding hydrogens is 421 g/mol. The number of amidine groups is 1. The molecule has 0 saturated carbocycles. The Morgan fingerprint density at radius 3 is 2.75 bits per heavy atom. The standard InChI is InChI=1S/C19H17Cl2N3O3S/c1-2-26-17-7-12(9-22-24-19-23-18(25)11-28-19)3-6-16(17)27-10-13-4-5-14(20)8-15(13)21/h3-9H,2,10-11H2,1H3,(H,23,24,25). The highest BCUT2D eigenvalue weighted by molar-refractivity contribution is 8.15. The number of halogens is 2. The quantitative estimate of drug-likeness (QED) is 0.510. The van der Waals surface area contributed by atoms with Gasteiger partial charge in [-0.25, -0.2) is 0 Å². The summed E-state index contributed by atoms with van der Waals surface area (Å²) in [6.07, 6.45) is 1.58. The molecule has 28 heavy (non-hydrogen) atoms. The van der Waals surface area contributed by atoms with Crippen molar-refractivity contribution in [2.75, 3.05) is 12.4 Å². The topological polar surface area (TPSA) is 72.3 Å². The van der Waals surface area contributed by atoms with E-state index in [9.17, 15) is 4.79 Å². The van der Waals surface area contributed by atoms with Crippen LogP contribution >= 0.6 is 35.0 Å². The van der Waals surface area contributed by atoms with Crippen molar-refractivity contribution in [3.8, 4) is 11.5 Å². The second-order valence-electron chi connectivity index (χ2n) is 5.65. The smallest absolute Gasteiger partial charge is 0.236 e. The molecule has 0 spiro atoms. The van der Waals surface area contributed by atoms with E-state index < -0.39 is 0 Å². The van der Waals surface area contributed by atoms with E-state index in [1.165, 1.54) is 11.8 Å². The van der Waals surface area contributed by atoms with Gasteiger partial charge in [-0.3, -0.25) is 4.79 Å². The first-order valence-electron chi connectivity index (χ1n) is 8.42. The predicted octanol–water partition coefficient (Wildman–Crippen LogP) is 4.52. The Morgan fingerprint density at radius 1 is 1.18 bits per heavy atom. The number of thioether (sulfide) groups is 1. The molecule has 1 aliphatic heterocycles. The molecule has 2 aromatic carbocycles. The SMILES string of the molecule is CCOc1cc(C=N/N=C2/NC(=O)CS2)ccc1OCc1ccc(Cl)cc1Cl. The summed E-state index contributed by atoms with van der Waals surface area (Å²) in [7, 11) is 0. The Labute approximate surface area is 176 Å². The van der Waals surface area contributed by atoms with E-state index >= 15 is 0 Å². The summed E-state index contributed by atoms with van der Waals surface area (Å²) in [6, 6.07) is 10.7. The fourth-order valence-corrected chi connectivity index (χ4v) is 3.41. The van der Waals surface area contributed by atoms with Crippen molar-refractivity contribution < 1.29 is 14.3 Å². The molecular formula is C19H17Cl2N3O3S. The Bertz CT molecular complexity index is 935. The summed E-state index contributed by atoms with van der Waals surface area (Å²) < 4.78 is 11.5. The molecule has 1 heterocycles. The predicted molar refractivity (Wildman–Crippen MR) is 114 cm³/mol. The van der Waals surface area contributed by atoms with Crippen LogP contribution in [0.15, 0.2) is 46.6 Å². The van der Waals surface area contributed by atoms with Crippen LogP contribution in [0.25, 0.3) is 0 Å². The van der Waals surface area contributed by atoms with Crippen LogP contribution in [0.1, 0.15) is 18.1 Å². The van der Waals surface area contributed by atoms with Crippen molar-refractivity contribution in [1.82, 2.24) is 5.32 Å². The number of ether oxygens (including phenoxy) is 2. The van der Waals surface area contributed by atoms with Crippen LogP contribution in [-0.2, 0) is 11.4 Å². The third-order valence-corrected chi connectivity index (χ3v) is 5.06. The van der Waals surface area contributed by atoms with Crippen LogP contribution in [-0.4, -0.2) is 29.6 Å². The molecule has 0 aliphatic carbocycles. The maximum Gasteiger partial charge on any atom is 0.236 e. The van der Waals surface area contributed by atoms with Crippen LogP contribution in [0, 0.1) is 0 Å². The fraction of sp³-hybridized carbons (Fsp3) is 0.211. The number of hydrogen-bond donors (Lipinski definition) is 1. The van der Waals surface area contributed by atoms with E-state index in [1.807, 2.05) is 25.1 Å². The molecule has 0 unspecified atom stereocenters. The van der Waals surface area contributed by atoms with Crippen LogP contribution in [0.3, 0.4) is 0 Å². The van der Waals surface area contributed by atoms with E-state index in [4.69, 9.17) is 32.7 Å². The van der Waals surface area contributed by atoms with Gasteiger partial charge in [-0.1, -0.05) is 41.0 Å². The lowest BCUT2D eigenvalue weighted by Gasteiger charge is -2.13. The van der Waals surface area contributed by atoms with E-state index in [2.05, 4.69) is 15.5 Å². The lowest BCUT2D eigenvalue weighted by Crippen LogP contribution is -2.19. The second-order valence-corrected chi connectivity index (χ2v) is 7.46. The van der Waals surface area contributed by atoms with Gasteiger partial charge in [0.2, 0.25) is 5.91 Å². The van der Waals surface area contributed by atoms with Gasteiger partial charge in [-0.05, 0) is 42.8 Å². The second kappa shape index (κ2) is 9.82. The number of rotatable bonds is 7. The maximum atomic E-state index is 11.1. The fourth-order valence-electron chi connectivity index (χ4n) is 2.31. The molecule has 2 aromatic rings. The molecule has 0 aromatic heterocycles. The van der Waals surface area contributed by atoms with E-state index in [0.29, 0.717) is 39.1 Å². The summed E-state index contributed by atoms with van der Waals surface area (Å²) in [6.45, 7) is 2.67. The van der Waals surface area contributed by atoms with Crippen LogP contribution in [0.2, 0.25) is 10.0 Å². The Hall–Kier alpha value is -2.22. The third-order valence-electron chi connectivity index (χ3n) is 3.61. The summed E-state index contributed by atoms with van der Waals surface area (Å²) >= 11 is 13.4. The zero-order valence-corrected chi connectivity index (χ0v) is 17.3. The third kappa shape index (κ3) is 5.64. The molecule has 9 heteroatoms. The molecule has 1 amide bonds. The first-order chi connectivity index (χ1) is 13.5. The van der Waals surface area contributed by atoms with Gasteiger partial charge in [0.1, 0.15) is 6.61 Å². The van der Waals surface area contributed by atoms with Crippen LogP contribution in [0.4, 0.5) is 0 Å². The number of nitrogens with zero attached hydrogens (tertiary/aromatic N) is 2. The highest BCUT2D eigenvalue weighted by Gasteiger charge is 2.16. The van der Waals surface area contributed by atoms with Crippen molar-refractivity contribution in [3.63, 3.8) is 0 Å². The van der Waals surface area contributed by atoms with Gasteiger partial charge >= 0.3 is 0 Å². The lowest BCUT2D eigenvalue weighted by atomic mass is 10.2. The zero-order valence-electron chi connectivity index (χ0n) is 14.9. The molecule has 0 atom stereocenters. The van der Waals surface area contributed by atoms with Crippen LogP contribution in [0.5, 0.6) is 11.5 Å². The molecule has 1 fully saturated rings. The Morgan fingerprint density at radius 2 is 2.04 bits per heavy atom. The van der Waals surface area contributed by atoms with Crippen molar-refractivity contribution >= 4 is 52.3 Å². The normalized spacial score (nSPS) is 15.2. The molecule has 6 nitrogen and oxygen atoms in total. The molecule has 1 N–H and O–H groups in total. The highest BCUT2D eigenvalue weighted by Crippen LogP contribution is 2.30. The summed E-state index contributed by atoms with van der Waals surface area (Å²) in [5, 5.41) is 12.2. The number of carbonyl (C=O) groups excluding carboxylic acids is 1. The number of amides is 1. The van der Waals surface area contributed by atoms with Gasteiger partial charge in [0, 0.05) is 15.6 Å². The highest BCUT2D eigenvalue weighted by atomic mass is 35.5. The molecule has 0 radical (unpaired) electrons. The summed E-state index contributed by atoms with van der Waals surface area (Å²) in [4.78, 5) is 11.1. The van der Waals surface area contributed by atoms with Gasteiger partial charge in [-0.2, -0.15) is 5.10 Å². The Kier molecular flexibility index (Phi) is 7.19. The monoisotopic (exact) mass is 437 g/mol. The number of carbonyl (C=O) groups is 1. The molecule has 0 bridgehead atoms. The number of nitrogens with one attached hydrogen (secondary N) is 1. The first kappa shape index (κ1) is 20.5. The van der Waals surface area contributed by atoms with Crippen molar-refractivity contribution in [3.05, 3.63) is 57.6 Å². The van der Waals surface area contributed by atoms with Gasteiger partial charge < -0.3 is 14.8 Å². The van der Waals surface area contributed by atoms with Gasteiger partial charge in [0.15, 0.2) is 16.7 Å². The number of benzene rings is 2. The first-order valence-corrected chi connectivity index (χ1v) is 10.2. The average molecular weight is 438 g/mol. The van der Waals surface area contributed by atoms with Crippen molar-refractivity contribution in [2.45, 2.75) is 13.5 Å². The van der Waals surface area contributed by atoms with E-state index in [0.717, 1.165) is 11.1 Å². The Balaban J connectivity index is 1.70. The minimum Gasteiger partial charge on any atom is -0.490 e. The molecule has 3 rings (SSSR count). The number of hydrogen-bond acceptors (Lipinski definition) is 6. The molecule has 1 saturated heterocycles. The molecule has 146 valence electrons. The minimum atomic E-state index is -0.0696. The van der Waals surface area contributed by atoms with Gasteiger partial charge in [-0.15, -0.1) is 5.10 Å². The minimum absolute atomic E-state index is 0.0696. The van der Waals surface area contributed by atoms with Crippen molar-refractivity contribution in [2.24, 2.45) is 10.2 Å². The van der Waals surface area contributed by atoms with Crippen LogP contribution < -0.4 is 14.8 Å².